The molecule has 0 fully saturated rings. The van der Waals surface area contributed by atoms with Gasteiger partial charge in [0.05, 0.1) is 6.61 Å². The third kappa shape index (κ3) is 12.4. The van der Waals surface area contributed by atoms with E-state index in [1.165, 1.54) is 44.9 Å². The molecule has 166 valence electrons. The van der Waals surface area contributed by atoms with Crippen molar-refractivity contribution in [2.24, 2.45) is 0 Å². The molecule has 0 aliphatic carbocycles. The lowest BCUT2D eigenvalue weighted by molar-refractivity contribution is -0.184. The molecule has 0 radical (unpaired) electrons. The SMILES string of the molecule is CCCCCCCCCCCCCC(=O)OC(O)C(=O)[C@@H](O)[C@H](O)[C@H](O)CO. The number of aliphatic hydroxyl groups is 5. The second kappa shape index (κ2) is 16.9. The quantitative estimate of drug-likeness (QED) is 0.130. The van der Waals surface area contributed by atoms with Crippen LogP contribution in [0.3, 0.4) is 0 Å². The number of carbonyl (C=O) groups excluding carboxylic acids is 2. The fourth-order valence-electron chi connectivity index (χ4n) is 2.81. The molecule has 0 aromatic rings. The summed E-state index contributed by atoms with van der Waals surface area (Å²) in [5.74, 6) is -2.13. The summed E-state index contributed by atoms with van der Waals surface area (Å²) in [6, 6.07) is 0. The monoisotopic (exact) mass is 406 g/mol. The first kappa shape index (κ1) is 26.9. The van der Waals surface area contributed by atoms with Gasteiger partial charge in [-0.15, -0.1) is 0 Å². The molecule has 4 atom stereocenters. The lowest BCUT2D eigenvalue weighted by atomic mass is 10.0. The van der Waals surface area contributed by atoms with E-state index in [0.717, 1.165) is 19.3 Å². The Morgan fingerprint density at radius 3 is 1.71 bits per heavy atom. The molecule has 5 N–H and O–H groups in total. The molecular weight excluding hydrogens is 368 g/mol. The van der Waals surface area contributed by atoms with Crippen molar-refractivity contribution in [2.75, 3.05) is 6.61 Å². The van der Waals surface area contributed by atoms with E-state index in [1.54, 1.807) is 0 Å². The summed E-state index contributed by atoms with van der Waals surface area (Å²) in [5, 5.41) is 46.3. The molecule has 8 heteroatoms. The van der Waals surface area contributed by atoms with Crippen LogP contribution in [0.5, 0.6) is 0 Å². The molecule has 0 saturated heterocycles. The van der Waals surface area contributed by atoms with Crippen molar-refractivity contribution < 1.29 is 39.9 Å². The van der Waals surface area contributed by atoms with Crippen molar-refractivity contribution >= 4 is 11.8 Å². The molecule has 0 rings (SSSR count). The van der Waals surface area contributed by atoms with Crippen LogP contribution in [0.15, 0.2) is 0 Å². The zero-order valence-corrected chi connectivity index (χ0v) is 17.0. The highest BCUT2D eigenvalue weighted by molar-refractivity contribution is 5.88. The van der Waals surface area contributed by atoms with Crippen molar-refractivity contribution in [3.8, 4) is 0 Å². The molecule has 0 aliphatic rings. The molecule has 0 bridgehead atoms. The second-order valence-corrected chi connectivity index (χ2v) is 7.22. The molecule has 0 amide bonds. The van der Waals surface area contributed by atoms with Crippen LogP contribution >= 0.6 is 0 Å². The Morgan fingerprint density at radius 2 is 1.25 bits per heavy atom. The molecule has 0 aliphatic heterocycles. The maximum atomic E-state index is 11.7. The maximum absolute atomic E-state index is 11.7. The Balaban J connectivity index is 3.79. The zero-order chi connectivity index (χ0) is 21.4. The predicted octanol–water partition coefficient (Wildman–Crippen LogP) is 1.19. The number of carbonyl (C=O) groups is 2. The van der Waals surface area contributed by atoms with Gasteiger partial charge in [0.25, 0.3) is 6.29 Å². The first-order valence-corrected chi connectivity index (χ1v) is 10.4. The maximum Gasteiger partial charge on any atom is 0.308 e. The Morgan fingerprint density at radius 1 is 0.786 bits per heavy atom. The highest BCUT2D eigenvalue weighted by Gasteiger charge is 2.35. The molecule has 0 spiro atoms. The van der Waals surface area contributed by atoms with Gasteiger partial charge in [-0.25, -0.2) is 0 Å². The lowest BCUT2D eigenvalue weighted by Gasteiger charge is -2.22. The normalized spacial score (nSPS) is 15.6. The van der Waals surface area contributed by atoms with E-state index in [-0.39, 0.29) is 6.42 Å². The van der Waals surface area contributed by atoms with Crippen LogP contribution in [-0.4, -0.2) is 68.5 Å². The number of ketones is 1. The van der Waals surface area contributed by atoms with Gasteiger partial charge in [-0.05, 0) is 6.42 Å². The van der Waals surface area contributed by atoms with E-state index in [2.05, 4.69) is 11.7 Å². The smallest absolute Gasteiger partial charge is 0.308 e. The zero-order valence-electron chi connectivity index (χ0n) is 17.0. The molecule has 0 aromatic heterocycles. The lowest BCUT2D eigenvalue weighted by Crippen LogP contribution is -2.48. The van der Waals surface area contributed by atoms with E-state index in [9.17, 15) is 30.0 Å². The third-order valence-electron chi connectivity index (χ3n) is 4.67. The van der Waals surface area contributed by atoms with Crippen molar-refractivity contribution in [3.05, 3.63) is 0 Å². The number of hydrogen-bond acceptors (Lipinski definition) is 8. The fraction of sp³-hybridized carbons (Fsp3) is 0.900. The van der Waals surface area contributed by atoms with Crippen molar-refractivity contribution in [2.45, 2.75) is 109 Å². The van der Waals surface area contributed by atoms with Crippen molar-refractivity contribution in [1.82, 2.24) is 0 Å². The largest absolute Gasteiger partial charge is 0.428 e. The van der Waals surface area contributed by atoms with Gasteiger partial charge in [-0.3, -0.25) is 9.59 Å². The highest BCUT2D eigenvalue weighted by Crippen LogP contribution is 2.12. The summed E-state index contributed by atoms with van der Waals surface area (Å²) < 4.78 is 4.54. The molecule has 1 unspecified atom stereocenters. The number of ether oxygens (including phenoxy) is 1. The van der Waals surface area contributed by atoms with Crippen LogP contribution in [0.4, 0.5) is 0 Å². The first-order chi connectivity index (χ1) is 13.3. The van der Waals surface area contributed by atoms with Gasteiger partial charge in [-0.1, -0.05) is 71.1 Å². The summed E-state index contributed by atoms with van der Waals surface area (Å²) in [7, 11) is 0. The van der Waals surface area contributed by atoms with Gasteiger partial charge in [0, 0.05) is 6.42 Å². The van der Waals surface area contributed by atoms with Gasteiger partial charge >= 0.3 is 5.97 Å². The van der Waals surface area contributed by atoms with E-state index < -0.39 is 43.0 Å². The first-order valence-electron chi connectivity index (χ1n) is 10.4. The molecule has 28 heavy (non-hydrogen) atoms. The number of esters is 1. The number of rotatable bonds is 18. The highest BCUT2D eigenvalue weighted by atomic mass is 16.6. The summed E-state index contributed by atoms with van der Waals surface area (Å²) in [4.78, 5) is 23.3. The van der Waals surface area contributed by atoms with Crippen LogP contribution in [0.25, 0.3) is 0 Å². The van der Waals surface area contributed by atoms with Crippen LogP contribution in [0.2, 0.25) is 0 Å². The van der Waals surface area contributed by atoms with Gasteiger partial charge in [0.1, 0.15) is 18.3 Å². The van der Waals surface area contributed by atoms with Crippen LogP contribution in [0, 0.1) is 0 Å². The Labute approximate surface area is 167 Å². The Bertz CT molecular complexity index is 415. The summed E-state index contributed by atoms with van der Waals surface area (Å²) in [5.41, 5.74) is 0. The Hall–Kier alpha value is -1.06. The molecule has 0 aromatic carbocycles. The number of hydrogen-bond donors (Lipinski definition) is 5. The minimum Gasteiger partial charge on any atom is -0.428 e. The summed E-state index contributed by atoms with van der Waals surface area (Å²) >= 11 is 0. The van der Waals surface area contributed by atoms with E-state index in [0.29, 0.717) is 6.42 Å². The van der Waals surface area contributed by atoms with Crippen LogP contribution < -0.4 is 0 Å². The third-order valence-corrected chi connectivity index (χ3v) is 4.67. The van der Waals surface area contributed by atoms with E-state index in [4.69, 9.17) is 5.11 Å². The van der Waals surface area contributed by atoms with Gasteiger partial charge in [0.2, 0.25) is 5.78 Å². The number of unbranched alkanes of at least 4 members (excludes halogenated alkanes) is 10. The van der Waals surface area contributed by atoms with Crippen molar-refractivity contribution in [3.63, 3.8) is 0 Å². The number of Topliss-reactive ketones (excluding diaryl/α,β-unsaturated/α-hetero) is 1. The van der Waals surface area contributed by atoms with Crippen LogP contribution in [0.1, 0.15) is 84.0 Å². The fourth-order valence-corrected chi connectivity index (χ4v) is 2.81. The topological polar surface area (TPSA) is 145 Å². The van der Waals surface area contributed by atoms with Gasteiger partial charge in [0.15, 0.2) is 0 Å². The second-order valence-electron chi connectivity index (χ2n) is 7.22. The number of aliphatic hydroxyl groups excluding tert-OH is 5. The van der Waals surface area contributed by atoms with Crippen molar-refractivity contribution in [1.29, 1.82) is 0 Å². The molecule has 0 heterocycles. The minimum atomic E-state index is -2.23. The Kier molecular flexibility index (Phi) is 16.2. The van der Waals surface area contributed by atoms with Gasteiger partial charge in [-0.2, -0.15) is 0 Å². The standard InChI is InChI=1S/C20H38O8/c1-2-3-4-5-6-7-8-9-10-11-12-13-16(23)28-20(27)19(26)18(25)17(24)15(22)14-21/h15,17-18,20-22,24-25,27H,2-14H2,1H3/t15-,17-,18+,20?/m1/s1. The molecule has 8 nitrogen and oxygen atoms in total. The molecular formula is C20H38O8. The molecule has 0 saturated carbocycles. The van der Waals surface area contributed by atoms with E-state index >= 15 is 0 Å². The minimum absolute atomic E-state index is 0.0409. The van der Waals surface area contributed by atoms with E-state index in [1.807, 2.05) is 0 Å². The van der Waals surface area contributed by atoms with Gasteiger partial charge < -0.3 is 30.3 Å². The van der Waals surface area contributed by atoms with Crippen LogP contribution in [-0.2, 0) is 14.3 Å². The summed E-state index contributed by atoms with van der Waals surface area (Å²) in [6.07, 6.45) is 4.30. The summed E-state index contributed by atoms with van der Waals surface area (Å²) in [6.45, 7) is 1.33. The predicted molar refractivity (Wildman–Crippen MR) is 103 cm³/mol. The average Bonchev–Trinajstić information content (AvgIpc) is 2.69. The average molecular weight is 407 g/mol.